The Balaban J connectivity index is 1.83. The second-order valence-corrected chi connectivity index (χ2v) is 8.10. The molecule has 28 heavy (non-hydrogen) atoms. The number of methoxy groups -OCH3 is 1. The van der Waals surface area contributed by atoms with Crippen molar-refractivity contribution in [1.29, 1.82) is 0 Å². The molecule has 0 unspecified atom stereocenters. The molecular formula is C21H29N5OS. The van der Waals surface area contributed by atoms with Crippen molar-refractivity contribution in [2.75, 3.05) is 45.4 Å². The van der Waals surface area contributed by atoms with Gasteiger partial charge in [0.05, 0.1) is 18.5 Å². The number of benzene rings is 1. The van der Waals surface area contributed by atoms with Gasteiger partial charge in [0.15, 0.2) is 5.16 Å². The number of hydrogen-bond acceptors (Lipinski definition) is 6. The van der Waals surface area contributed by atoms with Crippen LogP contribution in [-0.4, -0.2) is 59.3 Å². The minimum absolute atomic E-state index is 0.849. The molecule has 0 spiro atoms. The Morgan fingerprint density at radius 2 is 2.07 bits per heavy atom. The van der Waals surface area contributed by atoms with Gasteiger partial charge < -0.3 is 15.0 Å². The average Bonchev–Trinajstić information content (AvgIpc) is 3.16. The average molecular weight is 400 g/mol. The number of imidazole rings is 1. The SMILES string of the molecule is CCSc1nc(-c2ccc(OC)c(NCCCCN(C)C)c2)cc2nccn12. The number of unbranched alkanes of at least 4 members (excludes halogenated alkanes) is 1. The maximum atomic E-state index is 5.54. The van der Waals surface area contributed by atoms with Crippen LogP contribution >= 0.6 is 11.8 Å². The van der Waals surface area contributed by atoms with Crippen LogP contribution in [0.3, 0.4) is 0 Å². The second-order valence-electron chi connectivity index (χ2n) is 6.86. The number of nitrogens with one attached hydrogen (secondary N) is 1. The van der Waals surface area contributed by atoms with Crippen LogP contribution in [0.4, 0.5) is 5.69 Å². The molecular weight excluding hydrogens is 370 g/mol. The van der Waals surface area contributed by atoms with E-state index in [-0.39, 0.29) is 0 Å². The summed E-state index contributed by atoms with van der Waals surface area (Å²) in [4.78, 5) is 11.5. The smallest absolute Gasteiger partial charge is 0.174 e. The van der Waals surface area contributed by atoms with Crippen molar-refractivity contribution in [2.24, 2.45) is 0 Å². The summed E-state index contributed by atoms with van der Waals surface area (Å²) >= 11 is 1.72. The predicted molar refractivity (Wildman–Crippen MR) is 118 cm³/mol. The van der Waals surface area contributed by atoms with Crippen LogP contribution in [0.2, 0.25) is 0 Å². The summed E-state index contributed by atoms with van der Waals surface area (Å²) in [5.74, 6) is 1.81. The topological polar surface area (TPSA) is 54.7 Å². The molecule has 7 heteroatoms. The van der Waals surface area contributed by atoms with Crippen LogP contribution in [0.5, 0.6) is 5.75 Å². The number of ether oxygens (including phenoxy) is 1. The maximum absolute atomic E-state index is 5.54. The van der Waals surface area contributed by atoms with Gasteiger partial charge in [-0.2, -0.15) is 0 Å². The molecule has 0 saturated heterocycles. The number of anilines is 1. The first-order valence-corrected chi connectivity index (χ1v) is 10.6. The summed E-state index contributed by atoms with van der Waals surface area (Å²) in [5.41, 5.74) is 3.89. The van der Waals surface area contributed by atoms with E-state index in [1.165, 1.54) is 0 Å². The van der Waals surface area contributed by atoms with E-state index in [4.69, 9.17) is 9.72 Å². The van der Waals surface area contributed by atoms with E-state index in [1.54, 1.807) is 18.9 Å². The van der Waals surface area contributed by atoms with Gasteiger partial charge in [-0.1, -0.05) is 18.7 Å². The van der Waals surface area contributed by atoms with Gasteiger partial charge in [-0.25, -0.2) is 9.97 Å². The van der Waals surface area contributed by atoms with Crippen LogP contribution < -0.4 is 10.1 Å². The summed E-state index contributed by atoms with van der Waals surface area (Å²) in [6.07, 6.45) is 6.05. The van der Waals surface area contributed by atoms with Crippen LogP contribution in [0.15, 0.2) is 41.8 Å². The standard InChI is InChI=1S/C21H29N5OS/c1-5-28-21-24-17(15-20-23-11-13-26(20)21)16-8-9-19(27-4)18(14-16)22-10-6-7-12-25(2)3/h8-9,11,13-15,22H,5-7,10,12H2,1-4H3. The fourth-order valence-corrected chi connectivity index (χ4v) is 3.77. The highest BCUT2D eigenvalue weighted by atomic mass is 32.2. The van der Waals surface area contributed by atoms with E-state index in [2.05, 4.69) is 48.4 Å². The van der Waals surface area contributed by atoms with Gasteiger partial charge >= 0.3 is 0 Å². The van der Waals surface area contributed by atoms with Gasteiger partial charge in [0.25, 0.3) is 0 Å². The van der Waals surface area contributed by atoms with E-state index < -0.39 is 0 Å². The van der Waals surface area contributed by atoms with Crippen LogP contribution in [0.1, 0.15) is 19.8 Å². The predicted octanol–water partition coefficient (Wildman–Crippen LogP) is 4.27. The largest absolute Gasteiger partial charge is 0.495 e. The third-order valence-corrected chi connectivity index (χ3v) is 5.31. The van der Waals surface area contributed by atoms with Gasteiger partial charge in [-0.15, -0.1) is 0 Å². The lowest BCUT2D eigenvalue weighted by atomic mass is 10.1. The molecule has 2 aromatic heterocycles. The first-order chi connectivity index (χ1) is 13.6. The first-order valence-electron chi connectivity index (χ1n) is 9.66. The van der Waals surface area contributed by atoms with E-state index >= 15 is 0 Å². The van der Waals surface area contributed by atoms with Crippen molar-refractivity contribution in [3.8, 4) is 17.0 Å². The lowest BCUT2D eigenvalue weighted by molar-refractivity contribution is 0.396. The van der Waals surface area contributed by atoms with Crippen molar-refractivity contribution in [1.82, 2.24) is 19.3 Å². The van der Waals surface area contributed by atoms with Crippen LogP contribution in [0, 0.1) is 0 Å². The minimum atomic E-state index is 0.849. The highest BCUT2D eigenvalue weighted by Gasteiger charge is 2.11. The lowest BCUT2D eigenvalue weighted by Gasteiger charge is -2.14. The number of fused-ring (bicyclic) bond motifs is 1. The summed E-state index contributed by atoms with van der Waals surface area (Å²) in [6, 6.07) is 8.20. The van der Waals surface area contributed by atoms with Crippen LogP contribution in [-0.2, 0) is 0 Å². The highest BCUT2D eigenvalue weighted by molar-refractivity contribution is 7.99. The quantitative estimate of drug-likeness (QED) is 0.312. The zero-order valence-corrected chi connectivity index (χ0v) is 17.9. The van der Waals surface area contributed by atoms with Gasteiger partial charge in [0.1, 0.15) is 11.4 Å². The summed E-state index contributed by atoms with van der Waals surface area (Å²) in [5, 5.41) is 4.48. The van der Waals surface area contributed by atoms with Crippen LogP contribution in [0.25, 0.3) is 16.9 Å². The number of aromatic nitrogens is 3. The third-order valence-electron chi connectivity index (χ3n) is 4.47. The molecule has 0 aliphatic rings. The van der Waals surface area contributed by atoms with E-state index in [1.807, 2.05) is 28.9 Å². The zero-order valence-electron chi connectivity index (χ0n) is 17.1. The molecule has 0 saturated carbocycles. The number of rotatable bonds is 10. The molecule has 1 aromatic carbocycles. The second kappa shape index (κ2) is 9.80. The molecule has 0 amide bonds. The Morgan fingerprint density at radius 1 is 1.21 bits per heavy atom. The van der Waals surface area contributed by atoms with Crippen molar-refractivity contribution in [2.45, 2.75) is 24.9 Å². The molecule has 0 atom stereocenters. The number of thioether (sulfide) groups is 1. The van der Waals surface area contributed by atoms with Gasteiger partial charge in [-0.05, 0) is 57.4 Å². The molecule has 0 aliphatic heterocycles. The summed E-state index contributed by atoms with van der Waals surface area (Å²) in [7, 11) is 5.92. The Hall–Kier alpha value is -2.25. The Labute approximate surface area is 171 Å². The molecule has 2 heterocycles. The molecule has 0 aliphatic carbocycles. The van der Waals surface area contributed by atoms with Gasteiger partial charge in [0.2, 0.25) is 0 Å². The minimum Gasteiger partial charge on any atom is -0.495 e. The van der Waals surface area contributed by atoms with Gasteiger partial charge in [0, 0.05) is 30.6 Å². The molecule has 0 bridgehead atoms. The maximum Gasteiger partial charge on any atom is 0.174 e. The molecule has 3 rings (SSSR count). The Kier molecular flexibility index (Phi) is 7.17. The molecule has 0 fully saturated rings. The summed E-state index contributed by atoms with van der Waals surface area (Å²) < 4.78 is 7.57. The molecule has 150 valence electrons. The molecule has 1 N–H and O–H groups in total. The van der Waals surface area contributed by atoms with E-state index in [0.717, 1.165) is 65.2 Å². The Bertz CT molecular complexity index is 909. The fourth-order valence-electron chi connectivity index (χ4n) is 3.06. The van der Waals surface area contributed by atoms with Gasteiger partial charge in [-0.3, -0.25) is 4.40 Å². The summed E-state index contributed by atoms with van der Waals surface area (Å²) in [6.45, 7) is 4.15. The first kappa shape index (κ1) is 20.5. The normalized spacial score (nSPS) is 11.3. The third kappa shape index (κ3) is 4.97. The van der Waals surface area contributed by atoms with Crippen molar-refractivity contribution in [3.63, 3.8) is 0 Å². The van der Waals surface area contributed by atoms with Crippen molar-refractivity contribution >= 4 is 23.1 Å². The van der Waals surface area contributed by atoms with E-state index in [9.17, 15) is 0 Å². The number of hydrogen-bond donors (Lipinski definition) is 1. The Morgan fingerprint density at radius 3 is 2.82 bits per heavy atom. The zero-order chi connectivity index (χ0) is 19.9. The van der Waals surface area contributed by atoms with Crippen molar-refractivity contribution in [3.05, 3.63) is 36.7 Å². The number of nitrogens with zero attached hydrogens (tertiary/aromatic N) is 4. The van der Waals surface area contributed by atoms with Crippen molar-refractivity contribution < 1.29 is 4.74 Å². The molecule has 3 aromatic rings. The van der Waals surface area contributed by atoms with E-state index in [0.29, 0.717) is 0 Å². The molecule has 0 radical (unpaired) electrons. The lowest BCUT2D eigenvalue weighted by Crippen LogP contribution is -2.14. The monoisotopic (exact) mass is 399 g/mol. The molecule has 6 nitrogen and oxygen atoms in total. The highest BCUT2D eigenvalue weighted by Crippen LogP contribution is 2.31. The fraction of sp³-hybridized carbons (Fsp3) is 0.429.